The molecule has 0 fully saturated rings. The Labute approximate surface area is 86.9 Å². The van der Waals surface area contributed by atoms with Crippen molar-refractivity contribution in [2.45, 2.75) is 6.92 Å². The van der Waals surface area contributed by atoms with Gasteiger partial charge in [-0.05, 0) is 25.1 Å². The van der Waals surface area contributed by atoms with E-state index < -0.39 is 0 Å². The van der Waals surface area contributed by atoms with E-state index in [0.29, 0.717) is 10.7 Å². The summed E-state index contributed by atoms with van der Waals surface area (Å²) < 4.78 is 0. The van der Waals surface area contributed by atoms with Crippen LogP contribution in [0.15, 0.2) is 24.4 Å². The molecule has 0 bridgehead atoms. The fourth-order valence-corrected chi connectivity index (χ4v) is 1.55. The van der Waals surface area contributed by atoms with E-state index in [2.05, 4.69) is 9.97 Å². The van der Waals surface area contributed by atoms with Crippen molar-refractivity contribution in [2.75, 3.05) is 5.73 Å². The average Bonchev–Trinajstić information content (AvgIpc) is 2.50. The number of nitrogens with one attached hydrogen (secondary N) is 1. The molecule has 0 atom stereocenters. The number of aromatic nitrogens is 2. The van der Waals surface area contributed by atoms with Crippen LogP contribution in [0.2, 0.25) is 5.02 Å². The highest BCUT2D eigenvalue weighted by atomic mass is 35.5. The van der Waals surface area contributed by atoms with Crippen molar-refractivity contribution in [3.05, 3.63) is 35.1 Å². The number of hydrogen-bond acceptors (Lipinski definition) is 2. The number of aromatic amines is 1. The fourth-order valence-electron chi connectivity index (χ4n) is 1.31. The van der Waals surface area contributed by atoms with E-state index in [-0.39, 0.29) is 0 Å². The van der Waals surface area contributed by atoms with E-state index in [1.807, 2.05) is 19.1 Å². The smallest absolute Gasteiger partial charge is 0.137 e. The summed E-state index contributed by atoms with van der Waals surface area (Å²) in [5.41, 5.74) is 8.24. The van der Waals surface area contributed by atoms with Crippen molar-refractivity contribution in [1.29, 1.82) is 0 Å². The lowest BCUT2D eigenvalue weighted by atomic mass is 10.2. The highest BCUT2D eigenvalue weighted by Gasteiger charge is 2.03. The molecule has 0 radical (unpaired) electrons. The van der Waals surface area contributed by atoms with Gasteiger partial charge in [0.1, 0.15) is 5.82 Å². The monoisotopic (exact) mass is 207 g/mol. The second-order valence-electron chi connectivity index (χ2n) is 3.19. The normalized spacial score (nSPS) is 10.4. The minimum absolute atomic E-state index is 0.619. The van der Waals surface area contributed by atoms with Crippen molar-refractivity contribution in [1.82, 2.24) is 9.97 Å². The van der Waals surface area contributed by atoms with E-state index in [1.54, 1.807) is 12.3 Å². The van der Waals surface area contributed by atoms with Crippen LogP contribution in [0.25, 0.3) is 11.4 Å². The Bertz CT molecular complexity index is 442. The van der Waals surface area contributed by atoms with Crippen LogP contribution in [-0.2, 0) is 0 Å². The number of hydrogen-bond donors (Lipinski definition) is 2. The van der Waals surface area contributed by atoms with Crippen LogP contribution in [0.5, 0.6) is 0 Å². The lowest BCUT2D eigenvalue weighted by molar-refractivity contribution is 1.26. The molecule has 4 heteroatoms. The zero-order valence-electron chi connectivity index (χ0n) is 7.71. The summed E-state index contributed by atoms with van der Waals surface area (Å²) in [6.07, 6.45) is 1.77. The molecule has 14 heavy (non-hydrogen) atoms. The Morgan fingerprint density at radius 3 is 2.71 bits per heavy atom. The maximum Gasteiger partial charge on any atom is 0.137 e. The van der Waals surface area contributed by atoms with Gasteiger partial charge >= 0.3 is 0 Å². The van der Waals surface area contributed by atoms with Gasteiger partial charge in [-0.3, -0.25) is 0 Å². The molecule has 0 amide bonds. The fraction of sp³-hybridized carbons (Fsp3) is 0.100. The Kier molecular flexibility index (Phi) is 2.17. The lowest BCUT2D eigenvalue weighted by Gasteiger charge is -2.00. The first kappa shape index (κ1) is 9.09. The third kappa shape index (κ3) is 1.72. The second-order valence-corrected chi connectivity index (χ2v) is 3.62. The number of benzene rings is 1. The standard InChI is InChI=1S/C10H10ClN3/c1-6-5-13-10(14-6)7-2-8(11)4-9(12)3-7/h2-5H,12H2,1H3,(H,13,14). The summed E-state index contributed by atoms with van der Waals surface area (Å²) in [7, 11) is 0. The molecule has 72 valence electrons. The van der Waals surface area contributed by atoms with Crippen LogP contribution in [0, 0.1) is 6.92 Å². The highest BCUT2D eigenvalue weighted by molar-refractivity contribution is 6.31. The minimum Gasteiger partial charge on any atom is -0.399 e. The quantitative estimate of drug-likeness (QED) is 0.707. The Morgan fingerprint density at radius 1 is 1.36 bits per heavy atom. The number of nitrogens with zero attached hydrogens (tertiary/aromatic N) is 1. The molecule has 2 rings (SSSR count). The van der Waals surface area contributed by atoms with Gasteiger partial charge in [0.2, 0.25) is 0 Å². The largest absolute Gasteiger partial charge is 0.399 e. The molecule has 0 aliphatic rings. The van der Waals surface area contributed by atoms with Crippen LogP contribution < -0.4 is 5.73 Å². The number of rotatable bonds is 1. The third-order valence-electron chi connectivity index (χ3n) is 1.90. The zero-order chi connectivity index (χ0) is 10.1. The molecule has 3 nitrogen and oxygen atoms in total. The molecule has 1 heterocycles. The van der Waals surface area contributed by atoms with Crippen molar-refractivity contribution < 1.29 is 0 Å². The van der Waals surface area contributed by atoms with E-state index in [4.69, 9.17) is 17.3 Å². The number of aryl methyl sites for hydroxylation is 1. The summed E-state index contributed by atoms with van der Waals surface area (Å²) in [6.45, 7) is 1.95. The number of halogens is 1. The number of nitrogens with two attached hydrogens (primary N) is 1. The van der Waals surface area contributed by atoms with Gasteiger partial charge < -0.3 is 10.7 Å². The molecule has 1 aromatic heterocycles. The topological polar surface area (TPSA) is 54.7 Å². The Morgan fingerprint density at radius 2 is 2.14 bits per heavy atom. The van der Waals surface area contributed by atoms with Gasteiger partial charge in [0.15, 0.2) is 0 Å². The molecule has 3 N–H and O–H groups in total. The first-order chi connectivity index (χ1) is 6.65. The van der Waals surface area contributed by atoms with Gasteiger partial charge in [0.05, 0.1) is 0 Å². The first-order valence-electron chi connectivity index (χ1n) is 4.23. The summed E-state index contributed by atoms with van der Waals surface area (Å²) in [4.78, 5) is 7.32. The average molecular weight is 208 g/mol. The van der Waals surface area contributed by atoms with Crippen molar-refractivity contribution >= 4 is 17.3 Å². The van der Waals surface area contributed by atoms with Gasteiger partial charge in [-0.2, -0.15) is 0 Å². The minimum atomic E-state index is 0.619. The van der Waals surface area contributed by atoms with Crippen molar-refractivity contribution in [3.8, 4) is 11.4 Å². The Hall–Kier alpha value is -1.48. The molecule has 2 aromatic rings. The van der Waals surface area contributed by atoms with Gasteiger partial charge in [0, 0.05) is 28.2 Å². The van der Waals surface area contributed by atoms with E-state index >= 15 is 0 Å². The van der Waals surface area contributed by atoms with Crippen LogP contribution in [-0.4, -0.2) is 9.97 Å². The summed E-state index contributed by atoms with van der Waals surface area (Å²) in [6, 6.07) is 5.38. The van der Waals surface area contributed by atoms with Gasteiger partial charge in [-0.25, -0.2) is 4.98 Å². The molecule has 0 saturated heterocycles. The number of anilines is 1. The van der Waals surface area contributed by atoms with Gasteiger partial charge in [-0.15, -0.1) is 0 Å². The third-order valence-corrected chi connectivity index (χ3v) is 2.11. The summed E-state index contributed by atoms with van der Waals surface area (Å²) in [5, 5.41) is 0.619. The summed E-state index contributed by atoms with van der Waals surface area (Å²) in [5.74, 6) is 0.789. The molecular weight excluding hydrogens is 198 g/mol. The number of nitrogen functional groups attached to an aromatic ring is 1. The molecule has 0 unspecified atom stereocenters. The number of imidazole rings is 1. The van der Waals surface area contributed by atoms with Crippen LogP contribution in [0.3, 0.4) is 0 Å². The molecule has 1 aromatic carbocycles. The highest BCUT2D eigenvalue weighted by Crippen LogP contribution is 2.23. The molecule has 0 saturated carbocycles. The van der Waals surface area contributed by atoms with Gasteiger partial charge in [0.25, 0.3) is 0 Å². The van der Waals surface area contributed by atoms with Crippen molar-refractivity contribution in [3.63, 3.8) is 0 Å². The predicted octanol–water partition coefficient (Wildman–Crippen LogP) is 2.62. The summed E-state index contributed by atoms with van der Waals surface area (Å²) >= 11 is 5.89. The predicted molar refractivity (Wildman–Crippen MR) is 58.2 cm³/mol. The van der Waals surface area contributed by atoms with E-state index in [0.717, 1.165) is 17.1 Å². The Balaban J connectivity index is 2.51. The molecule has 0 aliphatic carbocycles. The van der Waals surface area contributed by atoms with Crippen LogP contribution in [0.1, 0.15) is 5.69 Å². The maximum atomic E-state index is 5.89. The molecule has 0 aliphatic heterocycles. The number of H-pyrrole nitrogens is 1. The second kappa shape index (κ2) is 3.35. The van der Waals surface area contributed by atoms with Crippen molar-refractivity contribution in [2.24, 2.45) is 0 Å². The maximum absolute atomic E-state index is 5.89. The van der Waals surface area contributed by atoms with Gasteiger partial charge in [-0.1, -0.05) is 11.6 Å². The molecular formula is C10H10ClN3. The van der Waals surface area contributed by atoms with Crippen LogP contribution in [0.4, 0.5) is 5.69 Å². The van der Waals surface area contributed by atoms with Crippen LogP contribution >= 0.6 is 11.6 Å². The van der Waals surface area contributed by atoms with E-state index in [1.165, 1.54) is 0 Å². The zero-order valence-corrected chi connectivity index (χ0v) is 8.47. The van der Waals surface area contributed by atoms with E-state index in [9.17, 15) is 0 Å². The SMILES string of the molecule is Cc1cnc(-c2cc(N)cc(Cl)c2)[nH]1. The molecule has 0 spiro atoms. The lowest BCUT2D eigenvalue weighted by Crippen LogP contribution is -1.87. The first-order valence-corrected chi connectivity index (χ1v) is 4.61.